The van der Waals surface area contributed by atoms with Crippen LogP contribution in [0, 0.1) is 0 Å². The Kier molecular flexibility index (Phi) is 4.87. The van der Waals surface area contributed by atoms with Crippen molar-refractivity contribution in [3.05, 3.63) is 0 Å². The Labute approximate surface area is 97.8 Å². The van der Waals surface area contributed by atoms with Crippen LogP contribution in [-0.2, 0) is 10.0 Å². The number of hydrogen-bond donors (Lipinski definition) is 0. The molecule has 0 spiro atoms. The van der Waals surface area contributed by atoms with Gasteiger partial charge in [0.1, 0.15) is 0 Å². The lowest BCUT2D eigenvalue weighted by molar-refractivity contribution is 0.339. The summed E-state index contributed by atoms with van der Waals surface area (Å²) in [6, 6.07) is 0.128. The maximum atomic E-state index is 12.1. The molecule has 0 aromatic carbocycles. The Balaban J connectivity index is 2.83. The van der Waals surface area contributed by atoms with Crippen LogP contribution in [0.5, 0.6) is 0 Å². The van der Waals surface area contributed by atoms with Gasteiger partial charge in [0.05, 0.1) is 5.25 Å². The summed E-state index contributed by atoms with van der Waals surface area (Å²) in [6.07, 6.45) is 4.20. The van der Waals surface area contributed by atoms with E-state index >= 15 is 0 Å². The van der Waals surface area contributed by atoms with Crippen molar-refractivity contribution in [2.24, 2.45) is 0 Å². The Morgan fingerprint density at radius 2 is 2.07 bits per heavy atom. The van der Waals surface area contributed by atoms with E-state index in [0.717, 1.165) is 25.7 Å². The van der Waals surface area contributed by atoms with Crippen molar-refractivity contribution >= 4 is 21.6 Å². The fourth-order valence-electron chi connectivity index (χ4n) is 1.94. The zero-order valence-electron chi connectivity index (χ0n) is 9.45. The summed E-state index contributed by atoms with van der Waals surface area (Å²) in [4.78, 5) is 0. The van der Waals surface area contributed by atoms with Gasteiger partial charge in [-0.3, -0.25) is 0 Å². The Morgan fingerprint density at radius 3 is 2.67 bits per heavy atom. The molecule has 0 aromatic heterocycles. The third-order valence-corrected chi connectivity index (χ3v) is 6.07. The first-order valence-corrected chi connectivity index (χ1v) is 7.60. The quantitative estimate of drug-likeness (QED) is 0.724. The standard InChI is InChI=1S/C10H20ClNO2S/c1-9-6-4-3-5-7-12(9)15(13,14)10(2)8-11/h9-10H,3-8H2,1-2H3. The number of hydrogen-bond acceptors (Lipinski definition) is 2. The van der Waals surface area contributed by atoms with Crippen molar-refractivity contribution in [2.45, 2.75) is 50.8 Å². The second-order valence-electron chi connectivity index (χ2n) is 4.32. The van der Waals surface area contributed by atoms with E-state index in [2.05, 4.69) is 0 Å². The molecule has 0 radical (unpaired) electrons. The van der Waals surface area contributed by atoms with Crippen LogP contribution in [0.2, 0.25) is 0 Å². The van der Waals surface area contributed by atoms with Crippen molar-refractivity contribution in [1.82, 2.24) is 4.31 Å². The molecule has 1 fully saturated rings. The van der Waals surface area contributed by atoms with Crippen LogP contribution >= 0.6 is 11.6 Å². The van der Waals surface area contributed by atoms with Crippen molar-refractivity contribution < 1.29 is 8.42 Å². The molecule has 1 aliphatic rings. The van der Waals surface area contributed by atoms with E-state index in [1.165, 1.54) is 0 Å². The molecule has 0 bridgehead atoms. The average Bonchev–Trinajstić information content (AvgIpc) is 2.41. The fourth-order valence-corrected chi connectivity index (χ4v) is 4.03. The summed E-state index contributed by atoms with van der Waals surface area (Å²) in [6.45, 7) is 4.33. The minimum Gasteiger partial charge on any atom is -0.212 e. The van der Waals surface area contributed by atoms with Gasteiger partial charge in [-0.25, -0.2) is 8.42 Å². The van der Waals surface area contributed by atoms with Gasteiger partial charge in [-0.2, -0.15) is 4.31 Å². The first kappa shape index (κ1) is 13.3. The lowest BCUT2D eigenvalue weighted by Gasteiger charge is -2.28. The molecule has 0 amide bonds. The third-order valence-electron chi connectivity index (χ3n) is 3.04. The number of nitrogens with zero attached hydrogens (tertiary/aromatic N) is 1. The monoisotopic (exact) mass is 253 g/mol. The Morgan fingerprint density at radius 1 is 1.40 bits per heavy atom. The highest BCUT2D eigenvalue weighted by Gasteiger charge is 2.32. The molecule has 0 saturated carbocycles. The van der Waals surface area contributed by atoms with Crippen molar-refractivity contribution in [1.29, 1.82) is 0 Å². The van der Waals surface area contributed by atoms with Crippen LogP contribution in [0.1, 0.15) is 39.5 Å². The second-order valence-corrected chi connectivity index (χ2v) is 6.93. The molecule has 1 saturated heterocycles. The Hall–Kier alpha value is 0.200. The van der Waals surface area contributed by atoms with Gasteiger partial charge in [0.15, 0.2) is 0 Å². The fraction of sp³-hybridized carbons (Fsp3) is 1.00. The highest BCUT2D eigenvalue weighted by molar-refractivity contribution is 7.89. The zero-order valence-corrected chi connectivity index (χ0v) is 11.0. The molecule has 1 aliphatic heterocycles. The van der Waals surface area contributed by atoms with Crippen LogP contribution in [0.25, 0.3) is 0 Å². The van der Waals surface area contributed by atoms with Crippen LogP contribution in [-0.4, -0.2) is 36.4 Å². The van der Waals surface area contributed by atoms with E-state index in [1.807, 2.05) is 6.92 Å². The molecule has 0 N–H and O–H groups in total. The molecule has 2 unspecified atom stereocenters. The summed E-state index contributed by atoms with van der Waals surface area (Å²) < 4.78 is 25.9. The topological polar surface area (TPSA) is 37.4 Å². The molecule has 1 rings (SSSR count). The lowest BCUT2D eigenvalue weighted by atomic mass is 10.1. The molecular formula is C10H20ClNO2S. The van der Waals surface area contributed by atoms with E-state index in [-0.39, 0.29) is 11.9 Å². The second kappa shape index (κ2) is 5.51. The van der Waals surface area contributed by atoms with Crippen LogP contribution in [0.15, 0.2) is 0 Å². The van der Waals surface area contributed by atoms with Crippen LogP contribution in [0.3, 0.4) is 0 Å². The molecule has 1 heterocycles. The van der Waals surface area contributed by atoms with Gasteiger partial charge in [-0.1, -0.05) is 12.8 Å². The molecule has 90 valence electrons. The van der Waals surface area contributed by atoms with Gasteiger partial charge in [-0.15, -0.1) is 11.6 Å². The van der Waals surface area contributed by atoms with E-state index in [1.54, 1.807) is 11.2 Å². The smallest absolute Gasteiger partial charge is 0.212 e. The van der Waals surface area contributed by atoms with Gasteiger partial charge >= 0.3 is 0 Å². The number of rotatable bonds is 3. The Bertz CT molecular complexity index is 292. The van der Waals surface area contributed by atoms with E-state index < -0.39 is 15.3 Å². The maximum absolute atomic E-state index is 12.1. The van der Waals surface area contributed by atoms with E-state index in [0.29, 0.717) is 6.54 Å². The summed E-state index contributed by atoms with van der Waals surface area (Å²) >= 11 is 5.64. The van der Waals surface area contributed by atoms with Gasteiger partial charge in [0.25, 0.3) is 0 Å². The van der Waals surface area contributed by atoms with Crippen molar-refractivity contribution in [2.75, 3.05) is 12.4 Å². The maximum Gasteiger partial charge on any atom is 0.218 e. The van der Waals surface area contributed by atoms with Gasteiger partial charge in [0, 0.05) is 18.5 Å². The minimum atomic E-state index is -3.18. The van der Waals surface area contributed by atoms with Gasteiger partial charge < -0.3 is 0 Å². The predicted octanol–water partition coefficient (Wildman–Crippen LogP) is 2.21. The van der Waals surface area contributed by atoms with Crippen LogP contribution < -0.4 is 0 Å². The van der Waals surface area contributed by atoms with Crippen molar-refractivity contribution in [3.63, 3.8) is 0 Å². The van der Waals surface area contributed by atoms with Crippen LogP contribution in [0.4, 0.5) is 0 Å². The number of alkyl halides is 1. The summed E-state index contributed by atoms with van der Waals surface area (Å²) in [7, 11) is -3.18. The lowest BCUT2D eigenvalue weighted by Crippen LogP contribution is -2.43. The summed E-state index contributed by atoms with van der Waals surface area (Å²) in [5, 5.41) is -0.472. The highest BCUT2D eigenvalue weighted by atomic mass is 35.5. The largest absolute Gasteiger partial charge is 0.218 e. The molecule has 2 atom stereocenters. The summed E-state index contributed by atoms with van der Waals surface area (Å²) in [5.41, 5.74) is 0. The number of halogens is 1. The number of sulfonamides is 1. The molecule has 0 aromatic rings. The minimum absolute atomic E-state index is 0.128. The van der Waals surface area contributed by atoms with Gasteiger partial charge in [-0.05, 0) is 26.7 Å². The molecule has 5 heteroatoms. The van der Waals surface area contributed by atoms with Gasteiger partial charge in [0.2, 0.25) is 10.0 Å². The van der Waals surface area contributed by atoms with E-state index in [4.69, 9.17) is 11.6 Å². The molecule has 3 nitrogen and oxygen atoms in total. The third kappa shape index (κ3) is 3.08. The zero-order chi connectivity index (χ0) is 11.5. The predicted molar refractivity (Wildman–Crippen MR) is 63.7 cm³/mol. The first-order valence-electron chi connectivity index (χ1n) is 5.56. The molecular weight excluding hydrogens is 234 g/mol. The average molecular weight is 254 g/mol. The molecule has 0 aliphatic carbocycles. The molecule has 15 heavy (non-hydrogen) atoms. The first-order chi connectivity index (χ1) is 7.00. The normalized spacial score (nSPS) is 27.3. The summed E-state index contributed by atoms with van der Waals surface area (Å²) in [5.74, 6) is 0.172. The SMILES string of the molecule is CC1CCCCCN1S(=O)(=O)C(C)CCl. The van der Waals surface area contributed by atoms with Crippen molar-refractivity contribution in [3.8, 4) is 0 Å². The highest BCUT2D eigenvalue weighted by Crippen LogP contribution is 2.22. The van der Waals surface area contributed by atoms with E-state index in [9.17, 15) is 8.42 Å².